The second kappa shape index (κ2) is 5.43. The molecule has 0 saturated heterocycles. The lowest BCUT2D eigenvalue weighted by Gasteiger charge is -2.09. The number of carbonyl (C=O) groups is 1. The minimum absolute atomic E-state index is 0.163. The molecule has 2 rings (SSSR count). The van der Waals surface area contributed by atoms with Gasteiger partial charge in [0.2, 0.25) is 0 Å². The van der Waals surface area contributed by atoms with Crippen molar-refractivity contribution in [3.8, 4) is 0 Å². The van der Waals surface area contributed by atoms with Crippen molar-refractivity contribution in [3.63, 3.8) is 0 Å². The van der Waals surface area contributed by atoms with Gasteiger partial charge >= 0.3 is 0 Å². The van der Waals surface area contributed by atoms with Crippen LogP contribution in [0.5, 0.6) is 0 Å². The average molecular weight is 387 g/mol. The molecular formula is C14H10Br2FNO. The molecule has 0 spiro atoms. The largest absolute Gasteiger partial charge is 0.398 e. The zero-order chi connectivity index (χ0) is 14.2. The van der Waals surface area contributed by atoms with Crippen LogP contribution in [-0.4, -0.2) is 5.78 Å². The first-order valence-corrected chi connectivity index (χ1v) is 7.04. The summed E-state index contributed by atoms with van der Waals surface area (Å²) < 4.78 is 14.7. The summed E-state index contributed by atoms with van der Waals surface area (Å²) in [5.41, 5.74) is 7.59. The number of carbonyl (C=O) groups excluding carboxylic acids is 1. The lowest BCUT2D eigenvalue weighted by Crippen LogP contribution is -2.07. The van der Waals surface area contributed by atoms with Crippen molar-refractivity contribution < 1.29 is 9.18 Å². The third-order valence-electron chi connectivity index (χ3n) is 2.75. The highest BCUT2D eigenvalue weighted by Crippen LogP contribution is 2.28. The fourth-order valence-electron chi connectivity index (χ4n) is 1.69. The van der Waals surface area contributed by atoms with Gasteiger partial charge in [0.25, 0.3) is 0 Å². The maximum absolute atomic E-state index is 13.2. The molecule has 0 saturated carbocycles. The minimum atomic E-state index is -0.486. The van der Waals surface area contributed by atoms with Crippen molar-refractivity contribution in [2.75, 3.05) is 5.73 Å². The monoisotopic (exact) mass is 385 g/mol. The Bertz CT molecular complexity index is 671. The van der Waals surface area contributed by atoms with Gasteiger partial charge in [-0.25, -0.2) is 4.39 Å². The first kappa shape index (κ1) is 14.2. The van der Waals surface area contributed by atoms with Gasteiger partial charge in [-0.05, 0) is 42.8 Å². The highest BCUT2D eigenvalue weighted by molar-refractivity contribution is 9.11. The SMILES string of the molecule is Cc1cc(Br)c(C(=O)c2cc(F)ccc2N)cc1Br. The topological polar surface area (TPSA) is 43.1 Å². The van der Waals surface area contributed by atoms with Gasteiger partial charge in [0.05, 0.1) is 0 Å². The minimum Gasteiger partial charge on any atom is -0.398 e. The number of rotatable bonds is 2. The first-order valence-electron chi connectivity index (χ1n) is 5.45. The fourth-order valence-corrected chi connectivity index (χ4v) is 2.67. The van der Waals surface area contributed by atoms with E-state index >= 15 is 0 Å². The van der Waals surface area contributed by atoms with Gasteiger partial charge in [0.15, 0.2) is 5.78 Å². The van der Waals surface area contributed by atoms with Crippen molar-refractivity contribution in [1.82, 2.24) is 0 Å². The van der Waals surface area contributed by atoms with E-state index in [0.717, 1.165) is 16.1 Å². The van der Waals surface area contributed by atoms with Crippen molar-refractivity contribution in [2.45, 2.75) is 6.92 Å². The molecule has 0 unspecified atom stereocenters. The second-order valence-corrected chi connectivity index (χ2v) is 5.85. The predicted molar refractivity (Wildman–Crippen MR) is 80.8 cm³/mol. The molecule has 0 fully saturated rings. The number of aryl methyl sites for hydroxylation is 1. The van der Waals surface area contributed by atoms with Gasteiger partial charge in [0.1, 0.15) is 5.82 Å². The molecule has 0 aromatic heterocycles. The van der Waals surface area contributed by atoms with Gasteiger partial charge in [-0.3, -0.25) is 4.79 Å². The number of anilines is 1. The van der Waals surface area contributed by atoms with Crippen LogP contribution in [0, 0.1) is 12.7 Å². The quantitative estimate of drug-likeness (QED) is 0.611. The zero-order valence-corrected chi connectivity index (χ0v) is 13.2. The van der Waals surface area contributed by atoms with Crippen molar-refractivity contribution >= 4 is 43.3 Å². The Morgan fingerprint density at radius 2 is 1.79 bits per heavy atom. The molecule has 0 aliphatic heterocycles. The van der Waals surface area contributed by atoms with E-state index in [1.165, 1.54) is 12.1 Å². The van der Waals surface area contributed by atoms with Crippen LogP contribution < -0.4 is 5.73 Å². The van der Waals surface area contributed by atoms with Crippen LogP contribution in [0.3, 0.4) is 0 Å². The standard InChI is InChI=1S/C14H10Br2FNO/c1-7-4-12(16)9(6-11(7)15)14(19)10-5-8(17)2-3-13(10)18/h2-6H,18H2,1H3. The molecule has 2 N–H and O–H groups in total. The Balaban J connectivity index is 2.56. The number of halogens is 3. The first-order chi connectivity index (χ1) is 8.90. The highest BCUT2D eigenvalue weighted by atomic mass is 79.9. The third kappa shape index (κ3) is 2.87. The summed E-state index contributed by atoms with van der Waals surface area (Å²) in [4.78, 5) is 12.4. The van der Waals surface area contributed by atoms with E-state index in [1.54, 1.807) is 6.07 Å². The molecule has 0 atom stereocenters. The predicted octanol–water partition coefficient (Wildman–Crippen LogP) is 4.47. The number of ketones is 1. The van der Waals surface area contributed by atoms with Crippen LogP contribution in [0.25, 0.3) is 0 Å². The summed E-state index contributed by atoms with van der Waals surface area (Å²) in [6.45, 7) is 1.92. The normalized spacial score (nSPS) is 10.5. The van der Waals surface area contributed by atoms with E-state index in [0.29, 0.717) is 10.0 Å². The lowest BCUT2D eigenvalue weighted by molar-refractivity contribution is 0.103. The molecule has 0 heterocycles. The van der Waals surface area contributed by atoms with Gasteiger partial charge in [-0.1, -0.05) is 31.9 Å². The van der Waals surface area contributed by atoms with Crippen molar-refractivity contribution in [1.29, 1.82) is 0 Å². The van der Waals surface area contributed by atoms with Gasteiger partial charge < -0.3 is 5.73 Å². The summed E-state index contributed by atoms with van der Waals surface area (Å²) in [7, 11) is 0. The zero-order valence-electron chi connectivity index (χ0n) is 10.0. The van der Waals surface area contributed by atoms with Gasteiger partial charge in [0, 0.05) is 25.8 Å². The Morgan fingerprint density at radius 3 is 2.47 bits per heavy atom. The molecule has 0 aliphatic carbocycles. The average Bonchev–Trinajstić information content (AvgIpc) is 2.36. The fraction of sp³-hybridized carbons (Fsp3) is 0.0714. The molecule has 5 heteroatoms. The summed E-state index contributed by atoms with van der Waals surface area (Å²) in [6, 6.07) is 7.29. The third-order valence-corrected chi connectivity index (χ3v) is 4.26. The molecule has 2 aromatic carbocycles. The van der Waals surface area contributed by atoms with Gasteiger partial charge in [-0.15, -0.1) is 0 Å². The molecule has 0 aliphatic rings. The second-order valence-electron chi connectivity index (χ2n) is 4.14. The van der Waals surface area contributed by atoms with Crippen LogP contribution in [-0.2, 0) is 0 Å². The van der Waals surface area contributed by atoms with E-state index < -0.39 is 5.82 Å². The maximum Gasteiger partial charge on any atom is 0.196 e. The van der Waals surface area contributed by atoms with Crippen molar-refractivity contribution in [2.24, 2.45) is 0 Å². The summed E-state index contributed by atoms with van der Waals surface area (Å²) in [5.74, 6) is -0.801. The van der Waals surface area contributed by atoms with Crippen LogP contribution in [0.2, 0.25) is 0 Å². The Hall–Kier alpha value is -1.20. The van der Waals surface area contributed by atoms with Crippen LogP contribution in [0.4, 0.5) is 10.1 Å². The van der Waals surface area contributed by atoms with Gasteiger partial charge in [-0.2, -0.15) is 0 Å². The number of nitrogen functional groups attached to an aromatic ring is 1. The van der Waals surface area contributed by atoms with E-state index in [4.69, 9.17) is 5.73 Å². The molecule has 2 nitrogen and oxygen atoms in total. The Kier molecular flexibility index (Phi) is 4.06. The number of benzene rings is 2. The lowest BCUT2D eigenvalue weighted by atomic mass is 10.0. The smallest absolute Gasteiger partial charge is 0.196 e. The van der Waals surface area contributed by atoms with Crippen LogP contribution in [0.1, 0.15) is 21.5 Å². The maximum atomic E-state index is 13.2. The molecule has 98 valence electrons. The highest BCUT2D eigenvalue weighted by Gasteiger charge is 2.17. The molecule has 0 amide bonds. The summed E-state index contributed by atoms with van der Waals surface area (Å²) in [6.07, 6.45) is 0. The summed E-state index contributed by atoms with van der Waals surface area (Å²) >= 11 is 6.72. The van der Waals surface area contributed by atoms with E-state index in [1.807, 2.05) is 13.0 Å². The van der Waals surface area contributed by atoms with E-state index in [2.05, 4.69) is 31.9 Å². The number of hydrogen-bond acceptors (Lipinski definition) is 2. The van der Waals surface area contributed by atoms with Crippen LogP contribution in [0.15, 0.2) is 39.3 Å². The molecular weight excluding hydrogens is 377 g/mol. The molecule has 19 heavy (non-hydrogen) atoms. The Labute approximate surface area is 127 Å². The number of hydrogen-bond donors (Lipinski definition) is 1. The molecule has 0 bridgehead atoms. The van der Waals surface area contributed by atoms with E-state index in [-0.39, 0.29) is 17.0 Å². The van der Waals surface area contributed by atoms with Crippen molar-refractivity contribution in [3.05, 3.63) is 61.8 Å². The van der Waals surface area contributed by atoms with E-state index in [9.17, 15) is 9.18 Å². The Morgan fingerprint density at radius 1 is 1.11 bits per heavy atom. The van der Waals surface area contributed by atoms with Crippen LogP contribution >= 0.6 is 31.9 Å². The molecule has 0 radical (unpaired) electrons. The molecule has 2 aromatic rings. The number of nitrogens with two attached hydrogens (primary N) is 1. The summed E-state index contributed by atoms with van der Waals surface area (Å²) in [5, 5.41) is 0.